The molecule has 6 nitrogen and oxygen atoms in total. The van der Waals surface area contributed by atoms with Gasteiger partial charge in [-0.05, 0) is 68.1 Å². The summed E-state index contributed by atoms with van der Waals surface area (Å²) in [6.07, 6.45) is 4.11. The Balaban J connectivity index is 1.57. The first kappa shape index (κ1) is 19.0. The van der Waals surface area contributed by atoms with Crippen molar-refractivity contribution < 1.29 is 4.42 Å². The van der Waals surface area contributed by atoms with Crippen LogP contribution in [0.1, 0.15) is 55.7 Å². The van der Waals surface area contributed by atoms with Crippen molar-refractivity contribution in [3.8, 4) is 22.7 Å². The summed E-state index contributed by atoms with van der Waals surface area (Å²) in [7, 11) is 0. The van der Waals surface area contributed by atoms with E-state index in [4.69, 9.17) is 4.42 Å². The lowest BCUT2D eigenvalue weighted by Crippen LogP contribution is -2.28. The maximum absolute atomic E-state index is 6.08. The monoisotopic (exact) mass is 401 g/mol. The third kappa shape index (κ3) is 3.41. The molecule has 1 fully saturated rings. The minimum Gasteiger partial charge on any atom is -0.420 e. The van der Waals surface area contributed by atoms with Crippen LogP contribution in [0.4, 0.5) is 0 Å². The van der Waals surface area contributed by atoms with E-state index in [0.717, 1.165) is 59.9 Å². The lowest BCUT2D eigenvalue weighted by atomic mass is 9.95. The minimum absolute atomic E-state index is 0.309. The van der Waals surface area contributed by atoms with E-state index < -0.39 is 0 Å². The Kier molecular flexibility index (Phi) is 4.87. The second-order valence-corrected chi connectivity index (χ2v) is 8.50. The lowest BCUT2D eigenvalue weighted by Gasteiger charge is -2.18. The van der Waals surface area contributed by atoms with Gasteiger partial charge in [0.2, 0.25) is 11.8 Å². The highest BCUT2D eigenvalue weighted by Gasteiger charge is 2.22. The summed E-state index contributed by atoms with van der Waals surface area (Å²) < 4.78 is 6.08. The minimum atomic E-state index is 0.309. The largest absolute Gasteiger partial charge is 0.420 e. The summed E-state index contributed by atoms with van der Waals surface area (Å²) in [5.41, 5.74) is 6.70. The number of pyridine rings is 1. The number of rotatable bonds is 4. The molecule has 3 aromatic heterocycles. The van der Waals surface area contributed by atoms with Crippen LogP contribution in [-0.2, 0) is 0 Å². The summed E-state index contributed by atoms with van der Waals surface area (Å²) in [5, 5.41) is 13.3. The summed E-state index contributed by atoms with van der Waals surface area (Å²) in [5.74, 6) is 2.01. The van der Waals surface area contributed by atoms with Crippen LogP contribution < -0.4 is 5.32 Å². The highest BCUT2D eigenvalue weighted by molar-refractivity contribution is 5.93. The maximum atomic E-state index is 6.08. The topological polar surface area (TPSA) is 79.6 Å². The first-order valence-corrected chi connectivity index (χ1v) is 10.7. The van der Waals surface area contributed by atoms with Crippen LogP contribution in [0.5, 0.6) is 0 Å². The second-order valence-electron chi connectivity index (χ2n) is 8.50. The SMILES string of the molecule is Cc1cc(-c2[nH]c3ccc(-c4nnc([C@H]5CCCNC5)o4)cc3c2C(C)C)ccn1. The summed E-state index contributed by atoms with van der Waals surface area (Å²) >= 11 is 0. The van der Waals surface area contributed by atoms with Crippen molar-refractivity contribution in [3.05, 3.63) is 53.7 Å². The van der Waals surface area contributed by atoms with Crippen LogP contribution in [0, 0.1) is 6.92 Å². The molecule has 0 aliphatic carbocycles. The number of nitrogens with one attached hydrogen (secondary N) is 2. The molecule has 0 unspecified atom stereocenters. The Bertz CT molecular complexity index is 1180. The molecule has 1 saturated heterocycles. The van der Waals surface area contributed by atoms with Gasteiger partial charge in [-0.1, -0.05) is 13.8 Å². The normalized spacial score (nSPS) is 17.1. The zero-order valence-electron chi connectivity index (χ0n) is 17.7. The van der Waals surface area contributed by atoms with Crippen LogP contribution in [-0.4, -0.2) is 33.3 Å². The first-order valence-electron chi connectivity index (χ1n) is 10.7. The fraction of sp³-hybridized carbons (Fsp3) is 0.375. The Morgan fingerprint density at radius 3 is 2.77 bits per heavy atom. The van der Waals surface area contributed by atoms with E-state index in [9.17, 15) is 0 Å². The van der Waals surface area contributed by atoms with Crippen molar-refractivity contribution in [3.63, 3.8) is 0 Å². The van der Waals surface area contributed by atoms with Gasteiger partial charge in [0.1, 0.15) is 0 Å². The molecule has 0 radical (unpaired) electrons. The lowest BCUT2D eigenvalue weighted by molar-refractivity contribution is 0.380. The molecule has 5 rings (SSSR count). The summed E-state index contributed by atoms with van der Waals surface area (Å²) in [6.45, 7) is 8.46. The fourth-order valence-corrected chi connectivity index (χ4v) is 4.45. The van der Waals surface area contributed by atoms with Gasteiger partial charge in [0.15, 0.2) is 0 Å². The molecule has 0 bridgehead atoms. The van der Waals surface area contributed by atoms with E-state index in [1.165, 1.54) is 10.9 Å². The van der Waals surface area contributed by atoms with Crippen LogP contribution in [0.2, 0.25) is 0 Å². The average molecular weight is 402 g/mol. The van der Waals surface area contributed by atoms with E-state index in [1.807, 2.05) is 13.1 Å². The number of H-pyrrole nitrogens is 1. The van der Waals surface area contributed by atoms with E-state index in [2.05, 4.69) is 69.7 Å². The second kappa shape index (κ2) is 7.69. The predicted octanol–water partition coefficient (Wildman–Crippen LogP) is 5.18. The summed E-state index contributed by atoms with van der Waals surface area (Å²) in [4.78, 5) is 7.96. The number of aromatic nitrogens is 4. The quantitative estimate of drug-likeness (QED) is 0.493. The Morgan fingerprint density at radius 2 is 2.00 bits per heavy atom. The van der Waals surface area contributed by atoms with Crippen molar-refractivity contribution >= 4 is 10.9 Å². The van der Waals surface area contributed by atoms with Crippen LogP contribution >= 0.6 is 0 Å². The third-order valence-corrected chi connectivity index (χ3v) is 5.94. The molecule has 1 aromatic carbocycles. The van der Waals surface area contributed by atoms with Gasteiger partial charge >= 0.3 is 0 Å². The van der Waals surface area contributed by atoms with Gasteiger partial charge in [0, 0.05) is 46.4 Å². The van der Waals surface area contributed by atoms with Gasteiger partial charge in [0.25, 0.3) is 0 Å². The van der Waals surface area contributed by atoms with Crippen LogP contribution in [0.25, 0.3) is 33.6 Å². The highest BCUT2D eigenvalue weighted by atomic mass is 16.4. The number of benzene rings is 1. The molecule has 4 heterocycles. The number of aromatic amines is 1. The first-order chi connectivity index (χ1) is 14.6. The zero-order chi connectivity index (χ0) is 20.7. The predicted molar refractivity (Wildman–Crippen MR) is 118 cm³/mol. The molecule has 30 heavy (non-hydrogen) atoms. The molecule has 154 valence electrons. The van der Waals surface area contributed by atoms with Gasteiger partial charge < -0.3 is 14.7 Å². The average Bonchev–Trinajstić information content (AvgIpc) is 3.39. The van der Waals surface area contributed by atoms with Crippen molar-refractivity contribution in [2.45, 2.75) is 45.4 Å². The maximum Gasteiger partial charge on any atom is 0.247 e. The molecule has 1 atom stereocenters. The molecule has 4 aromatic rings. The standard InChI is InChI=1S/C24H27N5O/c1-14(2)21-19-12-17(23-28-29-24(30-23)18-5-4-9-25-13-18)6-7-20(19)27-22(21)16-8-10-26-15(3)11-16/h6-8,10-12,14,18,25,27H,4-5,9,13H2,1-3H3/t18-/m0/s1. The van der Waals surface area contributed by atoms with Crippen LogP contribution in [0.15, 0.2) is 40.9 Å². The molecule has 0 spiro atoms. The highest BCUT2D eigenvalue weighted by Crippen LogP contribution is 2.37. The van der Waals surface area contributed by atoms with Crippen molar-refractivity contribution in [2.24, 2.45) is 0 Å². The van der Waals surface area contributed by atoms with E-state index in [1.54, 1.807) is 0 Å². The molecule has 0 saturated carbocycles. The zero-order valence-corrected chi connectivity index (χ0v) is 17.7. The van der Waals surface area contributed by atoms with Gasteiger partial charge in [-0.2, -0.15) is 0 Å². The Hall–Kier alpha value is -2.99. The van der Waals surface area contributed by atoms with Crippen LogP contribution in [0.3, 0.4) is 0 Å². The molecule has 1 aliphatic rings. The number of nitrogens with zero attached hydrogens (tertiary/aromatic N) is 3. The molecule has 1 aliphatic heterocycles. The molecule has 2 N–H and O–H groups in total. The van der Waals surface area contributed by atoms with E-state index >= 15 is 0 Å². The number of hydrogen-bond donors (Lipinski definition) is 2. The number of piperidine rings is 1. The fourth-order valence-electron chi connectivity index (χ4n) is 4.45. The van der Waals surface area contributed by atoms with Gasteiger partial charge in [0.05, 0.1) is 5.69 Å². The number of aryl methyl sites for hydroxylation is 1. The van der Waals surface area contributed by atoms with Crippen molar-refractivity contribution in [2.75, 3.05) is 13.1 Å². The van der Waals surface area contributed by atoms with Crippen molar-refractivity contribution in [1.82, 2.24) is 25.5 Å². The van der Waals surface area contributed by atoms with E-state index in [0.29, 0.717) is 17.7 Å². The third-order valence-electron chi connectivity index (χ3n) is 5.94. The molecular formula is C24H27N5O. The summed E-state index contributed by atoms with van der Waals surface area (Å²) in [6, 6.07) is 10.5. The van der Waals surface area contributed by atoms with Gasteiger partial charge in [-0.15, -0.1) is 10.2 Å². The number of hydrogen-bond acceptors (Lipinski definition) is 5. The molecular weight excluding hydrogens is 374 g/mol. The molecule has 6 heteroatoms. The van der Waals surface area contributed by atoms with Gasteiger partial charge in [-0.3, -0.25) is 4.98 Å². The smallest absolute Gasteiger partial charge is 0.247 e. The van der Waals surface area contributed by atoms with Gasteiger partial charge in [-0.25, -0.2) is 0 Å². The Labute approximate surface area is 176 Å². The van der Waals surface area contributed by atoms with Crippen molar-refractivity contribution in [1.29, 1.82) is 0 Å². The van der Waals surface area contributed by atoms with E-state index in [-0.39, 0.29) is 0 Å². The number of fused-ring (bicyclic) bond motifs is 1. The Morgan fingerprint density at radius 1 is 1.10 bits per heavy atom. The molecule has 0 amide bonds.